The second-order valence-electron chi connectivity index (χ2n) is 8.87. The van der Waals surface area contributed by atoms with Crippen LogP contribution in [0.25, 0.3) is 11.0 Å². The van der Waals surface area contributed by atoms with Gasteiger partial charge in [-0.2, -0.15) is 0 Å². The molecule has 3 aromatic rings. The topological polar surface area (TPSA) is 47.4 Å². The molecule has 2 aromatic carbocycles. The molecule has 1 saturated heterocycles. The SMILES string of the molecule is Cc1nc2c3c(c(C(=O)N4CCC4)cc2n1C)CCC1(Cc2ccccc2C1)O3. The highest BCUT2D eigenvalue weighted by atomic mass is 16.5. The Morgan fingerprint density at radius 1 is 1.17 bits per heavy atom. The van der Waals surface area contributed by atoms with E-state index in [2.05, 4.69) is 28.8 Å². The van der Waals surface area contributed by atoms with E-state index in [0.717, 1.165) is 78.9 Å². The Labute approximate surface area is 170 Å². The summed E-state index contributed by atoms with van der Waals surface area (Å²) in [6, 6.07) is 10.7. The highest BCUT2D eigenvalue weighted by Gasteiger charge is 2.44. The molecule has 148 valence electrons. The molecule has 0 unspecified atom stereocenters. The Kier molecular flexibility index (Phi) is 3.44. The Morgan fingerprint density at radius 2 is 1.90 bits per heavy atom. The fraction of sp³-hybridized carbons (Fsp3) is 0.417. The third kappa shape index (κ3) is 2.39. The number of hydrogen-bond acceptors (Lipinski definition) is 3. The maximum absolute atomic E-state index is 13.2. The van der Waals surface area contributed by atoms with Crippen LogP contribution in [0.5, 0.6) is 5.75 Å². The number of rotatable bonds is 1. The van der Waals surface area contributed by atoms with E-state index in [1.54, 1.807) is 0 Å². The number of amides is 1. The number of benzene rings is 2. The molecule has 1 aliphatic carbocycles. The van der Waals surface area contributed by atoms with Crippen molar-refractivity contribution in [2.75, 3.05) is 13.1 Å². The van der Waals surface area contributed by atoms with Gasteiger partial charge in [0.05, 0.1) is 5.52 Å². The van der Waals surface area contributed by atoms with Gasteiger partial charge in [-0.1, -0.05) is 24.3 Å². The van der Waals surface area contributed by atoms with Crippen molar-refractivity contribution in [2.24, 2.45) is 7.05 Å². The average molecular weight is 387 g/mol. The van der Waals surface area contributed by atoms with Crippen molar-refractivity contribution in [2.45, 2.75) is 44.6 Å². The Bertz CT molecular complexity index is 1150. The molecule has 0 bridgehead atoms. The summed E-state index contributed by atoms with van der Waals surface area (Å²) in [4.78, 5) is 20.0. The lowest BCUT2D eigenvalue weighted by Crippen LogP contribution is -2.44. The van der Waals surface area contributed by atoms with Crippen molar-refractivity contribution in [3.8, 4) is 5.75 Å². The fourth-order valence-corrected chi connectivity index (χ4v) is 5.22. The van der Waals surface area contributed by atoms with E-state index in [1.807, 2.05) is 24.9 Å². The first-order valence-electron chi connectivity index (χ1n) is 10.6. The van der Waals surface area contributed by atoms with E-state index in [1.165, 1.54) is 11.1 Å². The Balaban J connectivity index is 1.50. The molecule has 2 aliphatic heterocycles. The molecule has 3 aliphatic rings. The van der Waals surface area contributed by atoms with Crippen LogP contribution in [0.1, 0.15) is 45.7 Å². The summed E-state index contributed by atoms with van der Waals surface area (Å²) in [5.74, 6) is 1.92. The number of hydrogen-bond donors (Lipinski definition) is 0. The summed E-state index contributed by atoms with van der Waals surface area (Å²) in [6.45, 7) is 3.72. The molecule has 6 rings (SSSR count). The zero-order valence-electron chi connectivity index (χ0n) is 17.0. The maximum atomic E-state index is 13.2. The van der Waals surface area contributed by atoms with Gasteiger partial charge in [-0.05, 0) is 43.4 Å². The van der Waals surface area contributed by atoms with Crippen LogP contribution in [0.2, 0.25) is 0 Å². The van der Waals surface area contributed by atoms with Crippen LogP contribution >= 0.6 is 0 Å². The second kappa shape index (κ2) is 5.85. The normalized spacial score (nSPS) is 19.0. The summed E-state index contributed by atoms with van der Waals surface area (Å²) in [5.41, 5.74) is 6.30. The van der Waals surface area contributed by atoms with Crippen LogP contribution in [0.3, 0.4) is 0 Å². The highest BCUT2D eigenvalue weighted by molar-refractivity contribution is 6.02. The number of carbonyl (C=O) groups is 1. The predicted octanol–water partition coefficient (Wildman–Crippen LogP) is 3.59. The number of aromatic nitrogens is 2. The summed E-state index contributed by atoms with van der Waals surface area (Å²) in [7, 11) is 2.01. The minimum absolute atomic E-state index is 0.141. The van der Waals surface area contributed by atoms with Crippen LogP contribution in [-0.4, -0.2) is 39.0 Å². The van der Waals surface area contributed by atoms with Gasteiger partial charge < -0.3 is 14.2 Å². The van der Waals surface area contributed by atoms with Gasteiger partial charge in [-0.25, -0.2) is 4.98 Å². The molecule has 5 heteroatoms. The minimum Gasteiger partial charge on any atom is -0.484 e. The van der Waals surface area contributed by atoms with Crippen LogP contribution in [0, 0.1) is 6.92 Å². The molecule has 0 atom stereocenters. The Morgan fingerprint density at radius 3 is 2.55 bits per heavy atom. The lowest BCUT2D eigenvalue weighted by Gasteiger charge is -2.37. The standard InChI is InChI=1S/C24H25N3O2/c1-15-25-21-20(26(15)2)12-19(23(28)27-10-5-11-27)18-8-9-24(29-22(18)21)13-16-6-3-4-7-17(16)14-24/h3-4,6-7,12H,5,8-11,13-14H2,1-2H3. The Hall–Kier alpha value is -2.82. The summed E-state index contributed by atoms with van der Waals surface area (Å²) < 4.78 is 8.89. The number of carbonyl (C=O) groups excluding carboxylic acids is 1. The van der Waals surface area contributed by atoms with Crippen molar-refractivity contribution in [1.29, 1.82) is 0 Å². The molecular formula is C24H25N3O2. The van der Waals surface area contributed by atoms with E-state index in [-0.39, 0.29) is 11.5 Å². The molecule has 1 fully saturated rings. The van der Waals surface area contributed by atoms with Gasteiger partial charge in [0.1, 0.15) is 16.9 Å². The molecule has 5 nitrogen and oxygen atoms in total. The number of nitrogens with zero attached hydrogens (tertiary/aromatic N) is 3. The van der Waals surface area contributed by atoms with Gasteiger partial charge in [0, 0.05) is 44.1 Å². The van der Waals surface area contributed by atoms with Crippen LogP contribution in [-0.2, 0) is 26.3 Å². The molecular weight excluding hydrogens is 362 g/mol. The molecule has 0 N–H and O–H groups in total. The van der Waals surface area contributed by atoms with Gasteiger partial charge >= 0.3 is 0 Å². The maximum Gasteiger partial charge on any atom is 0.254 e. The zero-order chi connectivity index (χ0) is 19.8. The third-order valence-corrected chi connectivity index (χ3v) is 7.12. The summed E-state index contributed by atoms with van der Waals surface area (Å²) in [6.07, 6.45) is 4.76. The average Bonchev–Trinajstić information content (AvgIpc) is 3.17. The van der Waals surface area contributed by atoms with Crippen LogP contribution in [0.15, 0.2) is 30.3 Å². The highest BCUT2D eigenvalue weighted by Crippen LogP contribution is 2.46. The van der Waals surface area contributed by atoms with Gasteiger partial charge in [0.15, 0.2) is 5.75 Å². The van der Waals surface area contributed by atoms with Crippen LogP contribution in [0.4, 0.5) is 0 Å². The van der Waals surface area contributed by atoms with Gasteiger partial charge in [0.2, 0.25) is 0 Å². The third-order valence-electron chi connectivity index (χ3n) is 7.12. The largest absolute Gasteiger partial charge is 0.484 e. The molecule has 3 heterocycles. The fourth-order valence-electron chi connectivity index (χ4n) is 5.22. The van der Waals surface area contributed by atoms with Gasteiger partial charge in [-0.15, -0.1) is 0 Å². The van der Waals surface area contributed by atoms with Gasteiger partial charge in [0.25, 0.3) is 5.91 Å². The lowest BCUT2D eigenvalue weighted by atomic mass is 9.86. The van der Waals surface area contributed by atoms with Crippen molar-refractivity contribution < 1.29 is 9.53 Å². The molecule has 1 amide bonds. The van der Waals surface area contributed by atoms with E-state index in [0.29, 0.717) is 0 Å². The van der Waals surface area contributed by atoms with E-state index < -0.39 is 0 Å². The van der Waals surface area contributed by atoms with E-state index in [9.17, 15) is 4.79 Å². The quantitative estimate of drug-likeness (QED) is 0.641. The second-order valence-corrected chi connectivity index (χ2v) is 8.87. The van der Waals surface area contributed by atoms with Crippen molar-refractivity contribution in [3.63, 3.8) is 0 Å². The first kappa shape index (κ1) is 17.1. The number of aryl methyl sites for hydroxylation is 2. The smallest absolute Gasteiger partial charge is 0.254 e. The first-order chi connectivity index (χ1) is 14.0. The minimum atomic E-state index is -0.215. The van der Waals surface area contributed by atoms with Gasteiger partial charge in [-0.3, -0.25) is 4.79 Å². The predicted molar refractivity (Wildman–Crippen MR) is 112 cm³/mol. The lowest BCUT2D eigenvalue weighted by molar-refractivity contribution is 0.0553. The van der Waals surface area contributed by atoms with Crippen molar-refractivity contribution in [1.82, 2.24) is 14.5 Å². The molecule has 29 heavy (non-hydrogen) atoms. The van der Waals surface area contributed by atoms with E-state index in [4.69, 9.17) is 9.72 Å². The molecule has 1 spiro atoms. The number of ether oxygens (including phenoxy) is 1. The number of fused-ring (bicyclic) bond motifs is 4. The monoisotopic (exact) mass is 387 g/mol. The number of imidazole rings is 1. The first-order valence-corrected chi connectivity index (χ1v) is 10.6. The van der Waals surface area contributed by atoms with Crippen molar-refractivity contribution >= 4 is 16.9 Å². The molecule has 0 saturated carbocycles. The summed E-state index contributed by atoms with van der Waals surface area (Å²) in [5, 5.41) is 0. The van der Waals surface area contributed by atoms with E-state index >= 15 is 0 Å². The molecule has 0 radical (unpaired) electrons. The van der Waals surface area contributed by atoms with Crippen molar-refractivity contribution in [3.05, 3.63) is 58.4 Å². The summed E-state index contributed by atoms with van der Waals surface area (Å²) >= 11 is 0. The zero-order valence-corrected chi connectivity index (χ0v) is 17.0. The molecule has 1 aromatic heterocycles. The van der Waals surface area contributed by atoms with Crippen LogP contribution < -0.4 is 4.74 Å². The number of likely N-dealkylation sites (tertiary alicyclic amines) is 1.